The van der Waals surface area contributed by atoms with Crippen molar-refractivity contribution in [1.29, 1.82) is 0 Å². The number of likely N-dealkylation sites (N-methyl/N-ethyl adjacent to an activating group) is 1. The molecule has 4 aliphatic heterocycles. The normalized spacial score (nSPS) is 32.7. The van der Waals surface area contributed by atoms with Crippen molar-refractivity contribution in [2.24, 2.45) is 11.7 Å². The number of ether oxygens (including phenoxy) is 3. The number of primary amides is 1. The van der Waals surface area contributed by atoms with Crippen molar-refractivity contribution in [3.05, 3.63) is 71.9 Å². The summed E-state index contributed by atoms with van der Waals surface area (Å²) < 4.78 is 18.3. The number of allylic oxidation sites excluding steroid dienone is 1. The third kappa shape index (κ3) is 3.45. The van der Waals surface area contributed by atoms with E-state index in [1.165, 1.54) is 0 Å². The van der Waals surface area contributed by atoms with E-state index in [1.54, 1.807) is 4.90 Å². The molecule has 12 heteroatoms. The molecule has 1 aliphatic carbocycles. The number of amides is 1. The van der Waals surface area contributed by atoms with Gasteiger partial charge in [-0.15, -0.1) is 0 Å². The van der Waals surface area contributed by atoms with Gasteiger partial charge in [-0.25, -0.2) is 0 Å². The Bertz CT molecular complexity index is 1390. The number of rotatable bonds is 6. The molecule has 0 saturated carbocycles. The third-order valence-corrected chi connectivity index (χ3v) is 15.5. The fourth-order valence-corrected chi connectivity index (χ4v) is 14.2. The van der Waals surface area contributed by atoms with E-state index in [4.69, 9.17) is 19.9 Å². The van der Waals surface area contributed by atoms with Gasteiger partial charge < -0.3 is 0 Å². The maximum atomic E-state index is 15.2. The molecule has 1 spiro atoms. The van der Waals surface area contributed by atoms with Crippen LogP contribution in [0.1, 0.15) is 0 Å². The molecule has 3 fully saturated rings. The van der Waals surface area contributed by atoms with Gasteiger partial charge in [-0.1, -0.05) is 0 Å². The summed E-state index contributed by atoms with van der Waals surface area (Å²) in [7, 11) is 1.89. The molecule has 40 heavy (non-hydrogen) atoms. The summed E-state index contributed by atoms with van der Waals surface area (Å²) in [6, 6.07) is 19.0. The Morgan fingerprint density at radius 3 is 2.15 bits per heavy atom. The minimum absolute atomic E-state index is 0.0153. The first kappa shape index (κ1) is 26.4. The van der Waals surface area contributed by atoms with Crippen LogP contribution in [-0.4, -0.2) is 119 Å². The van der Waals surface area contributed by atoms with Crippen molar-refractivity contribution in [3.8, 4) is 0 Å². The van der Waals surface area contributed by atoms with E-state index in [2.05, 4.69) is 0 Å². The Balaban J connectivity index is 1.44. The number of nitrogens with zero attached hydrogens (tertiary/aromatic N) is 2. The summed E-state index contributed by atoms with van der Waals surface area (Å²) in [5.41, 5.74) is 4.00. The van der Waals surface area contributed by atoms with E-state index in [0.29, 0.717) is 6.54 Å². The molecule has 3 N–H and O–H groups in total. The quantitative estimate of drug-likeness (QED) is 0.284. The van der Waals surface area contributed by atoms with Gasteiger partial charge in [-0.05, 0) is 0 Å². The predicted octanol–water partition coefficient (Wildman–Crippen LogP) is -1.28. The number of carbonyl (C=O) groups is 3. The number of benzene rings is 2. The molecule has 3 saturated heterocycles. The van der Waals surface area contributed by atoms with Crippen LogP contribution in [0.4, 0.5) is 4.79 Å². The molecule has 10 nitrogen and oxygen atoms in total. The van der Waals surface area contributed by atoms with Gasteiger partial charge in [0.05, 0.1) is 0 Å². The molecule has 0 radical (unpaired) electrons. The van der Waals surface area contributed by atoms with E-state index in [-0.39, 0.29) is 49.0 Å². The Hall–Kier alpha value is -2.53. The number of Topliss-reactive ketones (excluding diaryl/α,β-unsaturated/α-hetero) is 2. The summed E-state index contributed by atoms with van der Waals surface area (Å²) in [6.45, 7) is 0.351. The van der Waals surface area contributed by atoms with Crippen molar-refractivity contribution in [1.82, 2.24) is 9.80 Å². The van der Waals surface area contributed by atoms with E-state index in [0.717, 1.165) is 8.92 Å². The Kier molecular flexibility index (Phi) is 6.09. The predicted molar refractivity (Wildman–Crippen MR) is 144 cm³/mol. The monoisotopic (exact) mass is 677 g/mol. The van der Waals surface area contributed by atoms with Crippen molar-refractivity contribution in [2.75, 3.05) is 33.4 Å². The molecule has 0 aromatic heterocycles. The van der Waals surface area contributed by atoms with Crippen molar-refractivity contribution < 1.29 is 33.7 Å². The van der Waals surface area contributed by atoms with Crippen LogP contribution in [-0.2, 0) is 23.8 Å². The van der Waals surface area contributed by atoms with Crippen LogP contribution < -0.4 is 14.7 Å². The Morgan fingerprint density at radius 2 is 1.60 bits per heavy atom. The fourth-order valence-electron chi connectivity index (χ4n) is 6.70. The first-order valence-corrected chi connectivity index (χ1v) is 16.4. The van der Waals surface area contributed by atoms with Crippen molar-refractivity contribution >= 4 is 56.5 Å². The second-order valence-electron chi connectivity index (χ2n) is 10.4. The average molecular weight is 675 g/mol. The van der Waals surface area contributed by atoms with E-state index in [9.17, 15) is 14.7 Å². The fraction of sp³-hybridized carbons (Fsp3) is 0.393. The Morgan fingerprint density at radius 1 is 1.02 bits per heavy atom. The summed E-state index contributed by atoms with van der Waals surface area (Å²) in [6.07, 6.45) is -1.02. The first-order chi connectivity index (χ1) is 19.2. The second kappa shape index (κ2) is 9.24. The number of fused-ring (bicyclic) bond motifs is 4. The van der Waals surface area contributed by atoms with Gasteiger partial charge in [0.25, 0.3) is 0 Å². The summed E-state index contributed by atoms with van der Waals surface area (Å²) in [4.78, 5) is 45.4. The van der Waals surface area contributed by atoms with Crippen LogP contribution >= 0.6 is 0 Å². The molecule has 7 rings (SSSR count). The molecular weight excluding hydrogens is 648 g/mol. The molecule has 208 valence electrons. The van der Waals surface area contributed by atoms with Gasteiger partial charge in [0.1, 0.15) is 0 Å². The van der Waals surface area contributed by atoms with Gasteiger partial charge in [0.2, 0.25) is 0 Å². The zero-order valence-corrected chi connectivity index (χ0v) is 24.9. The standard InChI is InChI=1S/C28H27N3O7Se2/c1-30-19-14-31-21-20(18(15-36-25(29)34)26(31,35)22(19)30)23(32)27(37-12-13-38-27)28(24(21)33,39-16-8-4-2-5-9-16)40-17-10-6-3-7-11-17/h2-11,18-19,22,35H,12-15H2,1H3,(H2,29,34)/t18-,19-,22-,26+,30?/m0/s1. The van der Waals surface area contributed by atoms with Gasteiger partial charge >= 0.3 is 244 Å². The molecule has 1 amide bonds. The molecule has 4 heterocycles. The SMILES string of the molecule is CN1[C@H]2[C@@H]1CN1C3=C(C(=O)C4(OCCO4)C([Se]c4ccccc4)([Se]c4ccccc4)C3=O)[C@H](COC(N)=O)[C@@]21O. The number of piperazine rings is 1. The number of hydrogen-bond donors (Lipinski definition) is 2. The van der Waals surface area contributed by atoms with E-state index >= 15 is 4.79 Å². The summed E-state index contributed by atoms with van der Waals surface area (Å²) >= 11 is -1.17. The summed E-state index contributed by atoms with van der Waals surface area (Å²) in [5, 5.41) is 12.3. The maximum absolute atomic E-state index is 15.2. The number of aliphatic hydroxyl groups is 1. The van der Waals surface area contributed by atoms with Crippen LogP contribution in [0.15, 0.2) is 71.9 Å². The molecule has 2 aromatic carbocycles. The van der Waals surface area contributed by atoms with E-state index in [1.807, 2.05) is 72.6 Å². The Labute approximate surface area is 243 Å². The molecule has 2 aromatic rings. The van der Waals surface area contributed by atoms with Crippen LogP contribution in [0.3, 0.4) is 0 Å². The second-order valence-corrected chi connectivity index (χ2v) is 17.1. The van der Waals surface area contributed by atoms with Crippen LogP contribution in [0.25, 0.3) is 0 Å². The molecule has 5 atom stereocenters. The minimum atomic E-state index is -1.86. The van der Waals surface area contributed by atoms with Crippen molar-refractivity contribution in [2.45, 2.75) is 26.8 Å². The molecule has 5 aliphatic rings. The zero-order valence-electron chi connectivity index (χ0n) is 21.5. The van der Waals surface area contributed by atoms with Crippen molar-refractivity contribution in [3.63, 3.8) is 0 Å². The van der Waals surface area contributed by atoms with Gasteiger partial charge in [0, 0.05) is 0 Å². The van der Waals surface area contributed by atoms with Crippen LogP contribution in [0, 0.1) is 5.92 Å². The molecular formula is C28H27N3O7Se2. The van der Waals surface area contributed by atoms with Crippen LogP contribution in [0.5, 0.6) is 0 Å². The number of carbonyl (C=O) groups excluding carboxylic acids is 3. The topological polar surface area (TPSA) is 131 Å². The summed E-state index contributed by atoms with van der Waals surface area (Å²) in [5.74, 6) is -3.58. The third-order valence-electron chi connectivity index (χ3n) is 8.45. The number of nitrogens with two attached hydrogens (primary N) is 1. The molecule has 1 unspecified atom stereocenters. The first-order valence-electron chi connectivity index (χ1n) is 13.0. The van der Waals surface area contributed by atoms with Gasteiger partial charge in [-0.2, -0.15) is 0 Å². The van der Waals surface area contributed by atoms with Gasteiger partial charge in [0.15, 0.2) is 0 Å². The number of hydrogen-bond acceptors (Lipinski definition) is 9. The zero-order chi connectivity index (χ0) is 27.9. The van der Waals surface area contributed by atoms with E-state index < -0.39 is 62.4 Å². The molecule has 0 bridgehead atoms. The van der Waals surface area contributed by atoms with Crippen LogP contribution in [0.2, 0.25) is 3.21 Å². The average Bonchev–Trinajstić information content (AvgIpc) is 3.27. The number of ketones is 2. The van der Waals surface area contributed by atoms with Gasteiger partial charge in [-0.3, -0.25) is 0 Å².